The molecule has 1 aliphatic rings. The second kappa shape index (κ2) is 3.44. The van der Waals surface area contributed by atoms with Crippen molar-refractivity contribution in [3.05, 3.63) is 42.9 Å². The summed E-state index contributed by atoms with van der Waals surface area (Å²) in [6.07, 6.45) is 3.00. The summed E-state index contributed by atoms with van der Waals surface area (Å²) in [7, 11) is 0. The Balaban J connectivity index is 2.44. The summed E-state index contributed by atoms with van der Waals surface area (Å²) in [5, 5.41) is 0.286. The lowest BCUT2D eigenvalue weighted by Gasteiger charge is -2.25. The number of nitrogens with one attached hydrogen (secondary N) is 2. The van der Waals surface area contributed by atoms with E-state index in [9.17, 15) is 14.4 Å². The molecule has 0 unspecified atom stereocenters. The summed E-state index contributed by atoms with van der Waals surface area (Å²) >= 11 is 0. The third-order valence-corrected chi connectivity index (χ3v) is 3.22. The molecule has 0 atom stereocenters. The maximum absolute atomic E-state index is 11.7. The Hall–Kier alpha value is -2.11. The number of hydrogen-bond donors (Lipinski definition) is 2. The highest BCUT2D eigenvalue weighted by atomic mass is 16.4. The van der Waals surface area contributed by atoms with Gasteiger partial charge in [0.25, 0.3) is 5.56 Å². The molecule has 1 fully saturated rings. The number of aromatic nitrogens is 2. The molecule has 0 saturated heterocycles. The zero-order valence-electron chi connectivity index (χ0n) is 8.91. The molecule has 2 aromatic heterocycles. The molecule has 0 bridgehead atoms. The minimum atomic E-state index is -0.670. The number of aromatic amines is 2. The van der Waals surface area contributed by atoms with Gasteiger partial charge in [-0.05, 0) is 24.3 Å². The van der Waals surface area contributed by atoms with E-state index in [0.29, 0.717) is 5.56 Å². The average molecular weight is 234 g/mol. The van der Waals surface area contributed by atoms with Crippen LogP contribution >= 0.6 is 0 Å². The van der Waals surface area contributed by atoms with Crippen LogP contribution in [0.3, 0.4) is 0 Å². The fourth-order valence-electron chi connectivity index (χ4n) is 2.17. The van der Waals surface area contributed by atoms with Gasteiger partial charge < -0.3 is 4.42 Å². The maximum atomic E-state index is 11.7. The summed E-state index contributed by atoms with van der Waals surface area (Å²) in [5.74, 6) is 0.216. The van der Waals surface area contributed by atoms with Gasteiger partial charge in [0.15, 0.2) is 0 Å². The van der Waals surface area contributed by atoms with E-state index in [1.165, 1.54) is 6.07 Å². The molecule has 17 heavy (non-hydrogen) atoms. The second-order valence-electron chi connectivity index (χ2n) is 4.26. The molecule has 0 amide bonds. The number of H-pyrrole nitrogens is 2. The number of fused-ring (bicyclic) bond motifs is 1. The van der Waals surface area contributed by atoms with Crippen molar-refractivity contribution in [2.75, 3.05) is 0 Å². The Morgan fingerprint density at radius 1 is 1.18 bits per heavy atom. The highest BCUT2D eigenvalue weighted by molar-refractivity contribution is 5.76. The van der Waals surface area contributed by atoms with Crippen molar-refractivity contribution in [1.29, 1.82) is 0 Å². The van der Waals surface area contributed by atoms with Crippen LogP contribution in [0.5, 0.6) is 0 Å². The number of hydrogen-bond acceptors (Lipinski definition) is 4. The van der Waals surface area contributed by atoms with Crippen LogP contribution in [0.4, 0.5) is 0 Å². The van der Waals surface area contributed by atoms with Gasteiger partial charge in [-0.3, -0.25) is 14.8 Å². The molecule has 1 saturated carbocycles. The average Bonchev–Trinajstić information content (AvgIpc) is 2.11. The quantitative estimate of drug-likeness (QED) is 0.748. The fourth-order valence-corrected chi connectivity index (χ4v) is 2.17. The van der Waals surface area contributed by atoms with E-state index in [4.69, 9.17) is 4.42 Å². The van der Waals surface area contributed by atoms with Crippen molar-refractivity contribution in [2.45, 2.75) is 25.2 Å². The fraction of sp³-hybridized carbons (Fsp3) is 0.364. The van der Waals surface area contributed by atoms with Crippen molar-refractivity contribution in [3.63, 3.8) is 0 Å². The summed E-state index contributed by atoms with van der Waals surface area (Å²) in [6.45, 7) is 0. The van der Waals surface area contributed by atoms with E-state index in [-0.39, 0.29) is 17.0 Å². The lowest BCUT2D eigenvalue weighted by atomic mass is 9.79. The van der Waals surface area contributed by atoms with Crippen LogP contribution in [-0.2, 0) is 0 Å². The van der Waals surface area contributed by atoms with Crippen LogP contribution in [-0.4, -0.2) is 9.97 Å². The topological polar surface area (TPSA) is 95.9 Å². The van der Waals surface area contributed by atoms with Crippen molar-refractivity contribution < 1.29 is 4.42 Å². The van der Waals surface area contributed by atoms with Crippen molar-refractivity contribution in [3.8, 4) is 0 Å². The summed E-state index contributed by atoms with van der Waals surface area (Å²) in [5.41, 5.74) is -1.07. The molecule has 6 nitrogen and oxygen atoms in total. The Labute approximate surface area is 94.3 Å². The van der Waals surface area contributed by atoms with Crippen molar-refractivity contribution in [1.82, 2.24) is 9.97 Å². The molecule has 0 radical (unpaired) electrons. The van der Waals surface area contributed by atoms with E-state index < -0.39 is 16.9 Å². The van der Waals surface area contributed by atoms with Crippen LogP contribution in [0.25, 0.3) is 11.1 Å². The lowest BCUT2D eigenvalue weighted by molar-refractivity contribution is 0.418. The van der Waals surface area contributed by atoms with Crippen LogP contribution in [0.2, 0.25) is 0 Å². The molecule has 0 spiro atoms. The molecule has 6 heteroatoms. The molecule has 2 aromatic rings. The van der Waals surface area contributed by atoms with Crippen LogP contribution in [0.1, 0.15) is 30.7 Å². The zero-order chi connectivity index (χ0) is 12.0. The smallest absolute Gasteiger partial charge is 0.337 e. The Morgan fingerprint density at radius 3 is 2.59 bits per heavy atom. The summed E-state index contributed by atoms with van der Waals surface area (Å²) in [4.78, 5) is 38.7. The molecule has 0 aromatic carbocycles. The van der Waals surface area contributed by atoms with Gasteiger partial charge in [-0.25, -0.2) is 9.59 Å². The molecule has 88 valence electrons. The van der Waals surface area contributed by atoms with E-state index in [0.717, 1.165) is 19.3 Å². The van der Waals surface area contributed by atoms with E-state index in [1.54, 1.807) is 0 Å². The first-order valence-electron chi connectivity index (χ1n) is 5.45. The van der Waals surface area contributed by atoms with Gasteiger partial charge in [0.1, 0.15) is 5.39 Å². The normalized spacial score (nSPS) is 16.0. The third kappa shape index (κ3) is 1.52. The molecule has 2 heterocycles. The first-order valence-corrected chi connectivity index (χ1v) is 5.45. The number of rotatable bonds is 1. The highest BCUT2D eigenvalue weighted by Crippen LogP contribution is 2.37. The highest BCUT2D eigenvalue weighted by Gasteiger charge is 2.24. The molecular weight excluding hydrogens is 224 g/mol. The standard InChI is InChI=1S/C11H10N2O4/c14-7-4-6(5-2-1-3-5)8-9(15)12-11(16)13-10(8)17-7/h4-5H,1-3H2,(H2,12,13,15,16). The van der Waals surface area contributed by atoms with Gasteiger partial charge in [-0.1, -0.05) is 6.42 Å². The van der Waals surface area contributed by atoms with Crippen molar-refractivity contribution in [2.24, 2.45) is 0 Å². The second-order valence-corrected chi connectivity index (χ2v) is 4.26. The largest absolute Gasteiger partial charge is 0.405 e. The molecular formula is C11H10N2O4. The SMILES string of the molecule is O=c1[nH]c(=O)c2c(C3CCC3)cc(=O)oc2[nH]1. The van der Waals surface area contributed by atoms with Crippen LogP contribution in [0, 0.1) is 0 Å². The van der Waals surface area contributed by atoms with Gasteiger partial charge in [-0.2, -0.15) is 0 Å². The monoisotopic (exact) mass is 234 g/mol. The molecule has 3 rings (SSSR count). The van der Waals surface area contributed by atoms with Gasteiger partial charge in [-0.15, -0.1) is 0 Å². The van der Waals surface area contributed by atoms with Gasteiger partial charge in [0.05, 0.1) is 0 Å². The first-order chi connectivity index (χ1) is 8.15. The van der Waals surface area contributed by atoms with E-state index >= 15 is 0 Å². The predicted molar refractivity (Wildman–Crippen MR) is 60.3 cm³/mol. The summed E-state index contributed by atoms with van der Waals surface area (Å²) in [6, 6.07) is 1.35. The minimum Gasteiger partial charge on any atom is -0.405 e. The van der Waals surface area contributed by atoms with E-state index in [1.807, 2.05) is 0 Å². The van der Waals surface area contributed by atoms with Crippen molar-refractivity contribution >= 4 is 11.1 Å². The maximum Gasteiger partial charge on any atom is 0.337 e. The van der Waals surface area contributed by atoms with E-state index in [2.05, 4.69) is 9.97 Å². The molecule has 0 aliphatic heterocycles. The molecule has 1 aliphatic carbocycles. The third-order valence-electron chi connectivity index (χ3n) is 3.22. The zero-order valence-corrected chi connectivity index (χ0v) is 8.91. The minimum absolute atomic E-state index is 0.0341. The lowest BCUT2D eigenvalue weighted by Crippen LogP contribution is -2.25. The van der Waals surface area contributed by atoms with Crippen LogP contribution < -0.4 is 16.9 Å². The Bertz CT molecular complexity index is 743. The van der Waals surface area contributed by atoms with Crippen LogP contribution in [0.15, 0.2) is 24.9 Å². The van der Waals surface area contributed by atoms with Gasteiger partial charge in [0.2, 0.25) is 5.71 Å². The first kappa shape index (κ1) is 10.1. The Morgan fingerprint density at radius 2 is 1.94 bits per heavy atom. The van der Waals surface area contributed by atoms with Gasteiger partial charge >= 0.3 is 11.3 Å². The molecule has 2 N–H and O–H groups in total. The summed E-state index contributed by atoms with van der Waals surface area (Å²) < 4.78 is 4.85. The van der Waals surface area contributed by atoms with Gasteiger partial charge in [0, 0.05) is 6.07 Å². The Kier molecular flexibility index (Phi) is 2.04. The predicted octanol–water partition coefficient (Wildman–Crippen LogP) is 0.437.